The number of benzene rings is 1. The van der Waals surface area contributed by atoms with Gasteiger partial charge < -0.3 is 24.4 Å². The molecule has 2 atom stereocenters. The number of aromatic hydroxyl groups is 1. The quantitative estimate of drug-likeness (QED) is 0.0542. The Morgan fingerprint density at radius 1 is 0.636 bits per heavy atom. The number of Topliss-reactive ketones (excluding diaryl/α,β-unsaturated/α-hetero) is 1. The minimum atomic E-state index is -2.41. The van der Waals surface area contributed by atoms with Crippen LogP contribution in [0.15, 0.2) is 30.1 Å². The molecule has 3 rings (SSSR count). The van der Waals surface area contributed by atoms with Crippen molar-refractivity contribution in [1.29, 1.82) is 0 Å². The fourth-order valence-corrected chi connectivity index (χ4v) is 8.74. The number of phenolic OH excluding ortho intramolecular Hbond substituents is 1. The molecule has 312 valence electrons. The van der Waals surface area contributed by atoms with E-state index in [9.17, 15) is 19.8 Å². The van der Waals surface area contributed by atoms with Crippen LogP contribution in [0.4, 0.5) is 0 Å². The molecule has 2 aliphatic rings. The number of fused-ring (bicyclic) bond motifs is 3. The molecule has 2 N–H and O–H groups in total. The van der Waals surface area contributed by atoms with E-state index >= 15 is 0 Å². The summed E-state index contributed by atoms with van der Waals surface area (Å²) in [4.78, 5) is 28.0. The molecule has 7 heteroatoms. The maximum Gasteiger partial charge on any atom is 0.289 e. The van der Waals surface area contributed by atoms with Crippen molar-refractivity contribution >= 4 is 11.6 Å². The van der Waals surface area contributed by atoms with E-state index in [0.29, 0.717) is 24.0 Å². The highest BCUT2D eigenvalue weighted by molar-refractivity contribution is 6.18. The first kappa shape index (κ1) is 46.6. The zero-order valence-electron chi connectivity index (χ0n) is 35.5. The molecule has 7 nitrogen and oxygen atoms in total. The average Bonchev–Trinajstić information content (AvgIpc) is 3.45. The number of methoxy groups -OCH3 is 2. The first-order chi connectivity index (χ1) is 26.8. The fraction of sp³-hybridized carbons (Fsp3) is 0.750. The van der Waals surface area contributed by atoms with Gasteiger partial charge in [-0.3, -0.25) is 9.59 Å². The molecule has 0 amide bonds. The van der Waals surface area contributed by atoms with Crippen LogP contribution in [0.25, 0.3) is 0 Å². The molecule has 0 fully saturated rings. The van der Waals surface area contributed by atoms with Crippen molar-refractivity contribution in [3.05, 3.63) is 41.2 Å². The van der Waals surface area contributed by atoms with Gasteiger partial charge in [-0.25, -0.2) is 0 Å². The Hall–Kier alpha value is -2.80. The summed E-state index contributed by atoms with van der Waals surface area (Å²) < 4.78 is 17.1. The molecule has 1 aromatic rings. The van der Waals surface area contributed by atoms with E-state index < -0.39 is 22.8 Å². The predicted molar refractivity (Wildman–Crippen MR) is 225 cm³/mol. The monoisotopic (exact) mass is 767 g/mol. The van der Waals surface area contributed by atoms with Crippen LogP contribution in [-0.2, 0) is 26.2 Å². The highest BCUT2D eigenvalue weighted by atomic mass is 16.6. The number of hydrogen-bond donors (Lipinski definition) is 2. The van der Waals surface area contributed by atoms with Gasteiger partial charge in [-0.1, -0.05) is 180 Å². The van der Waals surface area contributed by atoms with Gasteiger partial charge in [-0.05, 0) is 38.5 Å². The zero-order valence-corrected chi connectivity index (χ0v) is 35.5. The van der Waals surface area contributed by atoms with Crippen LogP contribution in [0.2, 0.25) is 0 Å². The molecule has 0 aromatic heterocycles. The van der Waals surface area contributed by atoms with Crippen LogP contribution in [0.5, 0.6) is 17.2 Å². The molecule has 0 saturated carbocycles. The van der Waals surface area contributed by atoms with Gasteiger partial charge in [0.15, 0.2) is 17.3 Å². The molecule has 0 bridgehead atoms. The number of phenols is 1. The molecule has 0 saturated heterocycles. The molecular weight excluding hydrogens is 689 g/mol. The van der Waals surface area contributed by atoms with Crippen LogP contribution in [-0.4, -0.2) is 41.8 Å². The first-order valence-electron chi connectivity index (χ1n) is 22.7. The third kappa shape index (κ3) is 13.4. The molecule has 1 aliphatic carbocycles. The van der Waals surface area contributed by atoms with Crippen molar-refractivity contribution < 1.29 is 34.0 Å². The maximum absolute atomic E-state index is 14.4. The number of allylic oxidation sites excluding steroid dienone is 3. The first-order valence-corrected chi connectivity index (χ1v) is 22.7. The number of unbranched alkanes of at least 4 members (excludes halogenated alkanes) is 25. The lowest BCUT2D eigenvalue weighted by Gasteiger charge is -2.41. The van der Waals surface area contributed by atoms with Crippen molar-refractivity contribution in [2.75, 3.05) is 14.2 Å². The topological polar surface area (TPSA) is 102 Å². The van der Waals surface area contributed by atoms with Crippen molar-refractivity contribution in [2.24, 2.45) is 0 Å². The summed E-state index contributed by atoms with van der Waals surface area (Å²) in [6.07, 6.45) is 39.9. The lowest BCUT2D eigenvalue weighted by Crippen LogP contribution is -2.63. The molecule has 1 aliphatic heterocycles. The van der Waals surface area contributed by atoms with Gasteiger partial charge in [0.2, 0.25) is 11.6 Å². The van der Waals surface area contributed by atoms with Gasteiger partial charge in [0.25, 0.3) is 5.79 Å². The van der Waals surface area contributed by atoms with Gasteiger partial charge in [0, 0.05) is 23.3 Å². The minimum absolute atomic E-state index is 0.0565. The Kier molecular flexibility index (Phi) is 22.2. The van der Waals surface area contributed by atoms with E-state index in [1.165, 1.54) is 155 Å². The Labute approximate surface area is 335 Å². The van der Waals surface area contributed by atoms with Gasteiger partial charge in [0.05, 0.1) is 14.2 Å². The number of ketones is 2. The van der Waals surface area contributed by atoms with Gasteiger partial charge in [-0.2, -0.15) is 0 Å². The van der Waals surface area contributed by atoms with Crippen molar-refractivity contribution in [2.45, 2.75) is 218 Å². The number of carbonyl (C=O) groups is 2. The van der Waals surface area contributed by atoms with E-state index in [1.807, 2.05) is 0 Å². The second-order valence-corrected chi connectivity index (χ2v) is 16.4. The molecule has 0 radical (unpaired) electrons. The summed E-state index contributed by atoms with van der Waals surface area (Å²) >= 11 is 0. The summed E-state index contributed by atoms with van der Waals surface area (Å²) in [5.74, 6) is -3.32. The highest BCUT2D eigenvalue weighted by Gasteiger charge is 2.71. The Bertz CT molecular complexity index is 1330. The Balaban J connectivity index is 1.56. The van der Waals surface area contributed by atoms with Gasteiger partial charge in [0.1, 0.15) is 11.2 Å². The summed E-state index contributed by atoms with van der Waals surface area (Å²) in [6.45, 7) is 4.50. The smallest absolute Gasteiger partial charge is 0.289 e. The summed E-state index contributed by atoms with van der Waals surface area (Å²) in [5, 5.41) is 23.6. The number of aliphatic hydroxyl groups is 1. The van der Waals surface area contributed by atoms with Crippen LogP contribution < -0.4 is 9.47 Å². The summed E-state index contributed by atoms with van der Waals surface area (Å²) in [5.41, 5.74) is -0.770. The maximum atomic E-state index is 14.4. The summed E-state index contributed by atoms with van der Waals surface area (Å²) in [7, 11) is 2.84. The molecule has 1 aromatic carbocycles. The molecule has 2 unspecified atom stereocenters. The largest absolute Gasteiger partial charge is 0.504 e. The number of hydrogen-bond acceptors (Lipinski definition) is 7. The van der Waals surface area contributed by atoms with Crippen LogP contribution in [0.1, 0.15) is 211 Å². The van der Waals surface area contributed by atoms with Crippen molar-refractivity contribution in [3.8, 4) is 17.2 Å². The third-order valence-corrected chi connectivity index (χ3v) is 12.1. The van der Waals surface area contributed by atoms with Gasteiger partial charge in [-0.15, -0.1) is 0 Å². The van der Waals surface area contributed by atoms with Crippen LogP contribution in [0.3, 0.4) is 0 Å². The summed E-state index contributed by atoms with van der Waals surface area (Å²) in [6, 6.07) is 1.51. The Morgan fingerprint density at radius 2 is 1.11 bits per heavy atom. The number of carbonyl (C=O) groups excluding carboxylic acids is 2. The van der Waals surface area contributed by atoms with E-state index in [-0.39, 0.29) is 29.4 Å². The fourth-order valence-electron chi connectivity index (χ4n) is 8.74. The minimum Gasteiger partial charge on any atom is -0.504 e. The normalized spacial score (nSPS) is 19.1. The number of ether oxygens (including phenoxy) is 3. The highest BCUT2D eigenvalue weighted by Crippen LogP contribution is 2.59. The zero-order chi connectivity index (χ0) is 39.8. The van der Waals surface area contributed by atoms with Crippen molar-refractivity contribution in [1.82, 2.24) is 0 Å². The third-order valence-electron chi connectivity index (χ3n) is 12.1. The molecule has 55 heavy (non-hydrogen) atoms. The molecular formula is C48H78O7. The average molecular weight is 767 g/mol. The van der Waals surface area contributed by atoms with E-state index in [0.717, 1.165) is 44.6 Å². The van der Waals surface area contributed by atoms with Crippen molar-refractivity contribution in [3.63, 3.8) is 0 Å². The predicted octanol–water partition coefficient (Wildman–Crippen LogP) is 12.9. The number of rotatable bonds is 33. The lowest BCUT2D eigenvalue weighted by molar-refractivity contribution is -0.190. The molecule has 1 heterocycles. The van der Waals surface area contributed by atoms with Crippen LogP contribution in [0, 0.1) is 0 Å². The van der Waals surface area contributed by atoms with E-state index in [2.05, 4.69) is 26.0 Å². The second kappa shape index (κ2) is 26.2. The lowest BCUT2D eigenvalue weighted by atomic mass is 9.62. The Morgan fingerprint density at radius 3 is 1.62 bits per heavy atom. The molecule has 0 spiro atoms. The van der Waals surface area contributed by atoms with Crippen LogP contribution >= 0.6 is 0 Å². The second-order valence-electron chi connectivity index (χ2n) is 16.4. The SMILES string of the molecule is CCCCC=CCCCCCCCCCCCc1c(O)c(OC)cc2c1C1(CCCCCCCCCCCCCCCCC)C(=O)C(OC)=CC(=O)C1(O)O2. The standard InChI is InChI=1S/C48H78O7/c1-5-7-9-11-13-15-17-19-21-23-25-27-29-31-33-35-39-44-40(37-41(53-3)45(39)50)55-48(52)43(49)38-42(54-4)46(51)47(44,48)36-34-32-30-28-26-24-22-20-18-16-14-12-10-8-6-2/h11,13,37-38,50,52H,5-10,12,14-36H2,1-4H3. The van der Waals surface area contributed by atoms with Gasteiger partial charge >= 0.3 is 0 Å². The van der Waals surface area contributed by atoms with E-state index in [4.69, 9.17) is 14.2 Å². The van der Waals surface area contributed by atoms with E-state index in [1.54, 1.807) is 0 Å².